The first kappa shape index (κ1) is 8.90. The van der Waals surface area contributed by atoms with E-state index in [4.69, 9.17) is 5.11 Å². The molecule has 0 heterocycles. The average Bonchev–Trinajstić information content (AvgIpc) is 1.82. The number of hydrogen-bond donors (Lipinski definition) is 2. The number of aliphatic carboxylic acids is 1. The predicted octanol–water partition coefficient (Wildman–Crippen LogP) is -0.473. The first-order valence-corrected chi connectivity index (χ1v) is 2.73. The minimum absolute atomic E-state index is 0.124. The van der Waals surface area contributed by atoms with Gasteiger partial charge >= 0.3 is 5.97 Å². The SMILES string of the molecule is CC(CC(=O)O)ONC=O. The molecule has 1 amide bonds. The molecule has 0 aromatic carbocycles. The van der Waals surface area contributed by atoms with E-state index in [9.17, 15) is 9.59 Å². The van der Waals surface area contributed by atoms with Gasteiger partial charge in [0.1, 0.15) is 0 Å². The predicted molar refractivity (Wildman–Crippen MR) is 32.0 cm³/mol. The Hall–Kier alpha value is -1.10. The zero-order valence-electron chi connectivity index (χ0n) is 5.53. The molecule has 5 heteroatoms. The Kier molecular flexibility index (Phi) is 4.23. The quantitative estimate of drug-likeness (QED) is 0.407. The Morgan fingerprint density at radius 2 is 2.50 bits per heavy atom. The second-order valence-electron chi connectivity index (χ2n) is 1.76. The van der Waals surface area contributed by atoms with Gasteiger partial charge in [0.15, 0.2) is 0 Å². The van der Waals surface area contributed by atoms with Crippen molar-refractivity contribution >= 4 is 12.4 Å². The fourth-order valence-electron chi connectivity index (χ4n) is 0.432. The van der Waals surface area contributed by atoms with Gasteiger partial charge in [-0.05, 0) is 6.92 Å². The number of carbonyl (C=O) groups excluding carboxylic acids is 1. The lowest BCUT2D eigenvalue weighted by Crippen LogP contribution is -2.22. The van der Waals surface area contributed by atoms with Crippen LogP contribution in [0.1, 0.15) is 13.3 Å². The van der Waals surface area contributed by atoms with Gasteiger partial charge in [0.2, 0.25) is 6.41 Å². The van der Waals surface area contributed by atoms with Gasteiger partial charge in [-0.3, -0.25) is 14.4 Å². The molecule has 1 atom stereocenters. The van der Waals surface area contributed by atoms with Gasteiger partial charge < -0.3 is 5.11 Å². The molecular weight excluding hydrogens is 138 g/mol. The second-order valence-corrected chi connectivity index (χ2v) is 1.76. The molecule has 0 fully saturated rings. The van der Waals surface area contributed by atoms with Crippen LogP contribution < -0.4 is 5.48 Å². The monoisotopic (exact) mass is 147 g/mol. The normalized spacial score (nSPS) is 12.1. The van der Waals surface area contributed by atoms with E-state index in [1.807, 2.05) is 5.48 Å². The van der Waals surface area contributed by atoms with Crippen LogP contribution in [-0.2, 0) is 14.4 Å². The van der Waals surface area contributed by atoms with Crippen molar-refractivity contribution in [3.8, 4) is 0 Å². The summed E-state index contributed by atoms with van der Waals surface area (Å²) < 4.78 is 0. The van der Waals surface area contributed by atoms with E-state index in [-0.39, 0.29) is 6.42 Å². The van der Waals surface area contributed by atoms with Crippen LogP contribution in [-0.4, -0.2) is 23.6 Å². The fraction of sp³-hybridized carbons (Fsp3) is 0.600. The summed E-state index contributed by atoms with van der Waals surface area (Å²) in [5.41, 5.74) is 1.91. The molecule has 0 aliphatic heterocycles. The lowest BCUT2D eigenvalue weighted by atomic mass is 10.3. The largest absolute Gasteiger partial charge is 0.481 e. The van der Waals surface area contributed by atoms with Crippen LogP contribution in [0.15, 0.2) is 0 Å². The molecule has 0 aromatic rings. The summed E-state index contributed by atoms with van der Waals surface area (Å²) in [4.78, 5) is 24.1. The Balaban J connectivity index is 3.33. The van der Waals surface area contributed by atoms with E-state index < -0.39 is 12.1 Å². The number of carboxylic acids is 1. The smallest absolute Gasteiger partial charge is 0.306 e. The Bertz CT molecular complexity index is 125. The maximum absolute atomic E-state index is 9.98. The van der Waals surface area contributed by atoms with E-state index in [0.717, 1.165) is 0 Å². The minimum Gasteiger partial charge on any atom is -0.481 e. The van der Waals surface area contributed by atoms with Crippen molar-refractivity contribution < 1.29 is 19.5 Å². The molecule has 0 saturated carbocycles. The van der Waals surface area contributed by atoms with Gasteiger partial charge in [0.25, 0.3) is 0 Å². The van der Waals surface area contributed by atoms with Crippen molar-refractivity contribution in [3.05, 3.63) is 0 Å². The highest BCUT2D eigenvalue weighted by Crippen LogP contribution is 1.92. The molecule has 10 heavy (non-hydrogen) atoms. The van der Waals surface area contributed by atoms with Crippen LogP contribution in [0.4, 0.5) is 0 Å². The summed E-state index contributed by atoms with van der Waals surface area (Å²) in [6.07, 6.45) is -0.276. The molecule has 1 unspecified atom stereocenters. The first-order chi connectivity index (χ1) is 4.66. The number of nitrogens with one attached hydrogen (secondary N) is 1. The summed E-state index contributed by atoms with van der Waals surface area (Å²) in [5.74, 6) is -0.958. The van der Waals surface area contributed by atoms with Gasteiger partial charge in [0.05, 0.1) is 12.5 Å². The number of carbonyl (C=O) groups is 2. The summed E-state index contributed by atoms with van der Waals surface area (Å²) in [6, 6.07) is 0. The molecule has 0 radical (unpaired) electrons. The summed E-state index contributed by atoms with van der Waals surface area (Å²) in [7, 11) is 0. The highest BCUT2D eigenvalue weighted by atomic mass is 16.7. The molecule has 5 nitrogen and oxygen atoms in total. The molecular formula is C5H9NO4. The zero-order chi connectivity index (χ0) is 7.98. The third kappa shape index (κ3) is 5.04. The number of amides is 1. The van der Waals surface area contributed by atoms with Gasteiger partial charge in [-0.1, -0.05) is 0 Å². The van der Waals surface area contributed by atoms with Gasteiger partial charge in [0, 0.05) is 0 Å². The van der Waals surface area contributed by atoms with Gasteiger partial charge in [-0.25, -0.2) is 5.48 Å². The molecule has 2 N–H and O–H groups in total. The summed E-state index contributed by atoms with van der Waals surface area (Å²) in [6.45, 7) is 1.55. The average molecular weight is 147 g/mol. The Morgan fingerprint density at radius 3 is 2.90 bits per heavy atom. The molecule has 0 aliphatic rings. The van der Waals surface area contributed by atoms with Crippen LogP contribution in [0.3, 0.4) is 0 Å². The van der Waals surface area contributed by atoms with E-state index in [0.29, 0.717) is 6.41 Å². The molecule has 0 spiro atoms. The highest BCUT2D eigenvalue weighted by molar-refractivity contribution is 5.67. The number of carboxylic acid groups (broad SMARTS) is 1. The molecule has 0 rings (SSSR count). The van der Waals surface area contributed by atoms with Crippen LogP contribution in [0.25, 0.3) is 0 Å². The maximum Gasteiger partial charge on any atom is 0.306 e. The van der Waals surface area contributed by atoms with Crippen molar-refractivity contribution in [2.24, 2.45) is 0 Å². The Morgan fingerprint density at radius 1 is 1.90 bits per heavy atom. The van der Waals surface area contributed by atoms with Crippen molar-refractivity contribution in [2.75, 3.05) is 0 Å². The summed E-state index contributed by atoms with van der Waals surface area (Å²) >= 11 is 0. The third-order valence-electron chi connectivity index (χ3n) is 0.779. The summed E-state index contributed by atoms with van der Waals surface area (Å²) in [5, 5.41) is 8.19. The molecule has 0 aromatic heterocycles. The lowest BCUT2D eigenvalue weighted by Gasteiger charge is -2.06. The van der Waals surface area contributed by atoms with Crippen molar-refractivity contribution in [1.82, 2.24) is 5.48 Å². The second kappa shape index (κ2) is 4.75. The topological polar surface area (TPSA) is 75.6 Å². The number of rotatable bonds is 5. The van der Waals surface area contributed by atoms with E-state index >= 15 is 0 Å². The zero-order valence-corrected chi connectivity index (χ0v) is 5.53. The van der Waals surface area contributed by atoms with Crippen LogP contribution >= 0.6 is 0 Å². The van der Waals surface area contributed by atoms with Crippen molar-refractivity contribution in [1.29, 1.82) is 0 Å². The van der Waals surface area contributed by atoms with Crippen LogP contribution in [0.5, 0.6) is 0 Å². The number of hydroxylamine groups is 1. The van der Waals surface area contributed by atoms with E-state index in [2.05, 4.69) is 4.84 Å². The lowest BCUT2D eigenvalue weighted by molar-refractivity contribution is -0.143. The minimum atomic E-state index is -0.958. The molecule has 0 aliphatic carbocycles. The maximum atomic E-state index is 9.98. The first-order valence-electron chi connectivity index (χ1n) is 2.73. The molecule has 0 saturated heterocycles. The standard InChI is InChI=1S/C5H9NO4/c1-4(2-5(8)9)10-6-3-7/h3-4H,2H2,1H3,(H,6,7)(H,8,9). The van der Waals surface area contributed by atoms with Crippen molar-refractivity contribution in [2.45, 2.75) is 19.4 Å². The molecule has 0 bridgehead atoms. The third-order valence-corrected chi connectivity index (χ3v) is 0.779. The molecule has 58 valence electrons. The van der Waals surface area contributed by atoms with E-state index in [1.165, 1.54) is 0 Å². The van der Waals surface area contributed by atoms with Gasteiger partial charge in [-0.15, -0.1) is 0 Å². The van der Waals surface area contributed by atoms with Crippen LogP contribution in [0, 0.1) is 0 Å². The van der Waals surface area contributed by atoms with E-state index in [1.54, 1.807) is 6.92 Å². The fourth-order valence-corrected chi connectivity index (χ4v) is 0.432. The Labute approximate surface area is 57.9 Å². The van der Waals surface area contributed by atoms with Gasteiger partial charge in [-0.2, -0.15) is 0 Å². The van der Waals surface area contributed by atoms with Crippen LogP contribution in [0.2, 0.25) is 0 Å². The number of hydrogen-bond acceptors (Lipinski definition) is 3. The van der Waals surface area contributed by atoms with Crippen molar-refractivity contribution in [3.63, 3.8) is 0 Å². The highest BCUT2D eigenvalue weighted by Gasteiger charge is 2.06.